The number of primary amides is 1. The predicted molar refractivity (Wildman–Crippen MR) is 68.8 cm³/mol. The molecule has 0 spiro atoms. The number of nitrogens with zero attached hydrogens (tertiary/aromatic N) is 1. The van der Waals surface area contributed by atoms with Crippen LogP contribution in [0.2, 0.25) is 0 Å². The van der Waals surface area contributed by atoms with Crippen molar-refractivity contribution in [2.45, 2.75) is 6.92 Å². The van der Waals surface area contributed by atoms with E-state index in [4.69, 9.17) is 5.73 Å². The summed E-state index contributed by atoms with van der Waals surface area (Å²) in [4.78, 5) is 32.8. The number of hydrogen-bond donors (Lipinski definition) is 3. The number of hydrogen-bond acceptors (Lipinski definition) is 5. The Kier molecular flexibility index (Phi) is 4.81. The van der Waals surface area contributed by atoms with Crippen molar-refractivity contribution in [3.8, 4) is 0 Å². The lowest BCUT2D eigenvalue weighted by Crippen LogP contribution is -2.33. The van der Waals surface area contributed by atoms with Crippen LogP contribution >= 0.6 is 0 Å². The highest BCUT2D eigenvalue weighted by Gasteiger charge is 2.21. The summed E-state index contributed by atoms with van der Waals surface area (Å²) in [5, 5.41) is 16.0. The van der Waals surface area contributed by atoms with E-state index >= 15 is 0 Å². The molecule has 0 aliphatic heterocycles. The smallest absolute Gasteiger partial charge is 0.293 e. The van der Waals surface area contributed by atoms with Crippen LogP contribution in [-0.4, -0.2) is 29.8 Å². The molecule has 1 aromatic carbocycles. The first kappa shape index (κ1) is 14.4. The van der Waals surface area contributed by atoms with Gasteiger partial charge in [0.15, 0.2) is 0 Å². The molecule has 2 amide bonds. The molecule has 8 nitrogen and oxygen atoms in total. The van der Waals surface area contributed by atoms with Gasteiger partial charge in [-0.2, -0.15) is 0 Å². The zero-order valence-corrected chi connectivity index (χ0v) is 10.3. The molecule has 1 rings (SSSR count). The number of anilines is 1. The lowest BCUT2D eigenvalue weighted by molar-refractivity contribution is -0.384. The summed E-state index contributed by atoms with van der Waals surface area (Å²) in [5.41, 5.74) is 4.93. The fourth-order valence-electron chi connectivity index (χ4n) is 1.51. The highest BCUT2D eigenvalue weighted by atomic mass is 16.6. The quantitative estimate of drug-likeness (QED) is 0.502. The molecular formula is C11H14N4O4. The Hall–Kier alpha value is -2.64. The highest BCUT2D eigenvalue weighted by molar-refractivity contribution is 6.02. The van der Waals surface area contributed by atoms with Crippen LogP contribution in [0.1, 0.15) is 17.3 Å². The van der Waals surface area contributed by atoms with Gasteiger partial charge in [-0.05, 0) is 13.0 Å². The van der Waals surface area contributed by atoms with E-state index in [1.54, 1.807) is 6.92 Å². The molecular weight excluding hydrogens is 252 g/mol. The molecule has 19 heavy (non-hydrogen) atoms. The number of benzene rings is 1. The minimum absolute atomic E-state index is 0.0947. The van der Waals surface area contributed by atoms with Gasteiger partial charge < -0.3 is 16.4 Å². The van der Waals surface area contributed by atoms with Crippen molar-refractivity contribution in [2.75, 3.05) is 18.4 Å². The second kappa shape index (κ2) is 6.34. The van der Waals surface area contributed by atoms with E-state index in [0.717, 1.165) is 0 Å². The summed E-state index contributed by atoms with van der Waals surface area (Å²) in [6.45, 7) is 1.84. The minimum atomic E-state index is -0.691. The molecule has 4 N–H and O–H groups in total. The molecule has 0 heterocycles. The van der Waals surface area contributed by atoms with E-state index in [1.807, 2.05) is 0 Å². The van der Waals surface area contributed by atoms with Crippen molar-refractivity contribution in [1.29, 1.82) is 0 Å². The van der Waals surface area contributed by atoms with Gasteiger partial charge in [0.1, 0.15) is 5.69 Å². The van der Waals surface area contributed by atoms with Crippen LogP contribution in [0.4, 0.5) is 11.4 Å². The first-order valence-corrected chi connectivity index (χ1v) is 5.55. The van der Waals surface area contributed by atoms with E-state index in [1.165, 1.54) is 18.2 Å². The molecule has 0 bridgehead atoms. The summed E-state index contributed by atoms with van der Waals surface area (Å²) in [6, 6.07) is 4.13. The Bertz CT molecular complexity index is 515. The first-order chi connectivity index (χ1) is 8.97. The molecule has 102 valence electrons. The van der Waals surface area contributed by atoms with Crippen LogP contribution in [0.25, 0.3) is 0 Å². The van der Waals surface area contributed by atoms with Gasteiger partial charge in [0.05, 0.1) is 17.0 Å². The van der Waals surface area contributed by atoms with Gasteiger partial charge in [-0.25, -0.2) is 0 Å². The Balaban J connectivity index is 3.11. The van der Waals surface area contributed by atoms with E-state index < -0.39 is 16.7 Å². The normalized spacial score (nSPS) is 9.74. The topological polar surface area (TPSA) is 127 Å². The van der Waals surface area contributed by atoms with Gasteiger partial charge in [-0.3, -0.25) is 19.7 Å². The zero-order chi connectivity index (χ0) is 14.4. The van der Waals surface area contributed by atoms with Gasteiger partial charge in [-0.1, -0.05) is 6.07 Å². The number of carbonyl (C=O) groups is 2. The number of nitro groups is 1. The summed E-state index contributed by atoms with van der Waals surface area (Å²) in [7, 11) is 0. The summed E-state index contributed by atoms with van der Waals surface area (Å²) in [5.74, 6) is -1.29. The minimum Gasteiger partial charge on any atom is -0.379 e. The molecule has 0 aliphatic carbocycles. The van der Waals surface area contributed by atoms with Gasteiger partial charge in [0.2, 0.25) is 5.91 Å². The molecule has 0 saturated carbocycles. The highest BCUT2D eigenvalue weighted by Crippen LogP contribution is 2.28. The molecule has 0 unspecified atom stereocenters. The lowest BCUT2D eigenvalue weighted by atomic mass is 10.1. The lowest BCUT2D eigenvalue weighted by Gasteiger charge is -2.10. The van der Waals surface area contributed by atoms with Crippen LogP contribution in [0.15, 0.2) is 18.2 Å². The maximum atomic E-state index is 11.8. The Morgan fingerprint density at radius 2 is 2.11 bits per heavy atom. The molecule has 0 radical (unpaired) electrons. The van der Waals surface area contributed by atoms with Crippen LogP contribution < -0.4 is 16.4 Å². The largest absolute Gasteiger partial charge is 0.379 e. The molecule has 8 heteroatoms. The van der Waals surface area contributed by atoms with Crippen molar-refractivity contribution in [3.63, 3.8) is 0 Å². The number of nitrogens with two attached hydrogens (primary N) is 1. The molecule has 0 atom stereocenters. The van der Waals surface area contributed by atoms with Crippen molar-refractivity contribution in [2.24, 2.45) is 5.73 Å². The summed E-state index contributed by atoms with van der Waals surface area (Å²) >= 11 is 0. The Morgan fingerprint density at radius 3 is 2.63 bits per heavy atom. The number of para-hydroxylation sites is 1. The molecule has 0 saturated heterocycles. The number of carbonyl (C=O) groups excluding carboxylic acids is 2. The van der Waals surface area contributed by atoms with E-state index in [0.29, 0.717) is 6.54 Å². The average Bonchev–Trinajstić information content (AvgIpc) is 2.36. The SMILES string of the molecule is CCNc1c(C(=O)NCC(N)=O)cccc1[N+](=O)[O-]. The van der Waals surface area contributed by atoms with Crippen LogP contribution in [-0.2, 0) is 4.79 Å². The van der Waals surface area contributed by atoms with Crippen molar-refractivity contribution in [3.05, 3.63) is 33.9 Å². The molecule has 0 fully saturated rings. The van der Waals surface area contributed by atoms with Gasteiger partial charge >= 0.3 is 0 Å². The van der Waals surface area contributed by atoms with Crippen molar-refractivity contribution >= 4 is 23.2 Å². The third-order valence-corrected chi connectivity index (χ3v) is 2.26. The number of amides is 2. The van der Waals surface area contributed by atoms with Crippen LogP contribution in [0, 0.1) is 10.1 Å². The number of nitrogens with one attached hydrogen (secondary N) is 2. The van der Waals surface area contributed by atoms with Gasteiger partial charge in [0, 0.05) is 12.6 Å². The maximum absolute atomic E-state index is 11.8. The van der Waals surface area contributed by atoms with Crippen molar-refractivity contribution < 1.29 is 14.5 Å². The number of nitro benzene ring substituents is 1. The monoisotopic (exact) mass is 266 g/mol. The third kappa shape index (κ3) is 3.66. The van der Waals surface area contributed by atoms with Crippen molar-refractivity contribution in [1.82, 2.24) is 5.32 Å². The van der Waals surface area contributed by atoms with Gasteiger partial charge in [0.25, 0.3) is 11.6 Å². The average molecular weight is 266 g/mol. The number of rotatable bonds is 6. The second-order valence-electron chi connectivity index (χ2n) is 3.64. The molecule has 1 aromatic rings. The summed E-state index contributed by atoms with van der Waals surface area (Å²) < 4.78 is 0. The fourth-order valence-corrected chi connectivity index (χ4v) is 1.51. The van der Waals surface area contributed by atoms with Crippen LogP contribution in [0.5, 0.6) is 0 Å². The standard InChI is InChI=1S/C11H14N4O4/c1-2-13-10-7(11(17)14-6-9(12)16)4-3-5-8(10)15(18)19/h3-5,13H,2,6H2,1H3,(H2,12,16)(H,14,17). The fraction of sp³-hybridized carbons (Fsp3) is 0.273. The van der Waals surface area contributed by atoms with E-state index in [-0.39, 0.29) is 23.5 Å². The van der Waals surface area contributed by atoms with Crippen LogP contribution in [0.3, 0.4) is 0 Å². The van der Waals surface area contributed by atoms with E-state index in [9.17, 15) is 19.7 Å². The zero-order valence-electron chi connectivity index (χ0n) is 10.3. The molecule has 0 aliphatic rings. The van der Waals surface area contributed by atoms with E-state index in [2.05, 4.69) is 10.6 Å². The molecule has 0 aromatic heterocycles. The first-order valence-electron chi connectivity index (χ1n) is 5.55. The second-order valence-corrected chi connectivity index (χ2v) is 3.64. The maximum Gasteiger partial charge on any atom is 0.293 e. The third-order valence-electron chi connectivity index (χ3n) is 2.26. The predicted octanol–water partition coefficient (Wildman–Crippen LogP) is 0.242. The Labute approximate surface area is 109 Å². The Morgan fingerprint density at radius 1 is 1.42 bits per heavy atom. The summed E-state index contributed by atoms with van der Waals surface area (Å²) in [6.07, 6.45) is 0. The van der Waals surface area contributed by atoms with Gasteiger partial charge in [-0.15, -0.1) is 0 Å².